The van der Waals surface area contributed by atoms with E-state index in [0.717, 1.165) is 18.0 Å². The molecule has 3 rings (SSSR count). The Labute approximate surface area is 246 Å². The Balaban J connectivity index is 0.00000481. The molecule has 39 heavy (non-hydrogen) atoms. The molecule has 0 aliphatic carbocycles. The Kier molecular flexibility index (Phi) is 15.4. The number of carbonyl (C=O) groups is 3. The zero-order valence-corrected chi connectivity index (χ0v) is 24.9. The number of likely N-dealkylation sites (N-methyl/N-ethyl adjacent to an activating group) is 1. The number of aryl methyl sites for hydroxylation is 1. The standard InChI is InChI=1S/C26H34FN5O4.3ClH/c1-5-31(6-2)11-12-32(26(35)36-13-7-10-28)25(34)23-16(3)22(29-17(23)4)15-20-19-14-18(27)8-9-21(19)30-24(20)33;;;/h8-9,14-15,29H,5-7,10-13,28H2,1-4H3,(H,30,33);3*1H. The molecule has 218 valence electrons. The number of fused-ring (bicyclic) bond motifs is 1. The number of nitrogens with two attached hydrogens (primary N) is 1. The minimum absolute atomic E-state index is 0. The summed E-state index contributed by atoms with van der Waals surface area (Å²) >= 11 is 0. The molecule has 0 fully saturated rings. The number of hydrogen-bond donors (Lipinski definition) is 3. The third-order valence-electron chi connectivity index (χ3n) is 6.32. The van der Waals surface area contributed by atoms with Crippen molar-refractivity contribution in [3.8, 4) is 0 Å². The van der Waals surface area contributed by atoms with Crippen LogP contribution in [-0.4, -0.2) is 72.0 Å². The van der Waals surface area contributed by atoms with Gasteiger partial charge in [-0.1, -0.05) is 13.8 Å². The van der Waals surface area contributed by atoms with E-state index in [1.165, 1.54) is 18.2 Å². The lowest BCUT2D eigenvalue weighted by Gasteiger charge is -2.25. The lowest BCUT2D eigenvalue weighted by Crippen LogP contribution is -2.43. The van der Waals surface area contributed by atoms with Crippen LogP contribution < -0.4 is 11.1 Å². The van der Waals surface area contributed by atoms with Crippen molar-refractivity contribution >= 4 is 72.5 Å². The second kappa shape index (κ2) is 16.5. The third-order valence-corrected chi connectivity index (χ3v) is 6.32. The summed E-state index contributed by atoms with van der Waals surface area (Å²) in [5, 5.41) is 2.72. The number of ether oxygens (including phenoxy) is 1. The maximum absolute atomic E-state index is 13.8. The monoisotopic (exact) mass is 607 g/mol. The van der Waals surface area contributed by atoms with E-state index in [0.29, 0.717) is 53.3 Å². The number of nitrogens with zero attached hydrogens (tertiary/aromatic N) is 2. The average Bonchev–Trinajstić information content (AvgIpc) is 3.31. The number of hydrogen-bond acceptors (Lipinski definition) is 6. The number of aromatic amines is 1. The zero-order chi connectivity index (χ0) is 26.4. The van der Waals surface area contributed by atoms with Gasteiger partial charge in [-0.15, -0.1) is 37.2 Å². The van der Waals surface area contributed by atoms with Crippen LogP contribution in [0.4, 0.5) is 14.9 Å². The van der Waals surface area contributed by atoms with Crippen molar-refractivity contribution in [3.05, 3.63) is 52.1 Å². The minimum Gasteiger partial charge on any atom is -0.449 e. The molecule has 3 amide bonds. The molecule has 2 aromatic rings. The Morgan fingerprint density at radius 3 is 2.38 bits per heavy atom. The van der Waals surface area contributed by atoms with Gasteiger partial charge < -0.3 is 25.7 Å². The maximum Gasteiger partial charge on any atom is 0.416 e. The predicted octanol–water partition coefficient (Wildman–Crippen LogP) is 4.80. The van der Waals surface area contributed by atoms with Crippen molar-refractivity contribution < 1.29 is 23.5 Å². The molecule has 2 heterocycles. The van der Waals surface area contributed by atoms with Gasteiger partial charge in [-0.3, -0.25) is 9.59 Å². The summed E-state index contributed by atoms with van der Waals surface area (Å²) in [7, 11) is 0. The zero-order valence-electron chi connectivity index (χ0n) is 22.5. The van der Waals surface area contributed by atoms with E-state index < -0.39 is 17.8 Å². The molecule has 4 N–H and O–H groups in total. The van der Waals surface area contributed by atoms with Gasteiger partial charge in [0, 0.05) is 35.7 Å². The second-order valence-corrected chi connectivity index (χ2v) is 8.61. The largest absolute Gasteiger partial charge is 0.449 e. The van der Waals surface area contributed by atoms with Crippen molar-refractivity contribution in [2.75, 3.05) is 44.6 Å². The molecule has 0 spiro atoms. The van der Waals surface area contributed by atoms with E-state index in [2.05, 4.69) is 15.2 Å². The summed E-state index contributed by atoms with van der Waals surface area (Å²) in [6, 6.07) is 4.08. The van der Waals surface area contributed by atoms with E-state index in [1.807, 2.05) is 13.8 Å². The highest BCUT2D eigenvalue weighted by Crippen LogP contribution is 2.34. The number of H-pyrrole nitrogens is 1. The maximum atomic E-state index is 13.8. The van der Waals surface area contributed by atoms with Gasteiger partial charge in [-0.2, -0.15) is 0 Å². The van der Waals surface area contributed by atoms with Gasteiger partial charge in [0.05, 0.1) is 17.7 Å². The van der Waals surface area contributed by atoms with Gasteiger partial charge in [0.2, 0.25) is 0 Å². The highest BCUT2D eigenvalue weighted by Gasteiger charge is 2.30. The molecule has 0 atom stereocenters. The van der Waals surface area contributed by atoms with Crippen LogP contribution in [0.15, 0.2) is 18.2 Å². The molecule has 9 nitrogen and oxygen atoms in total. The van der Waals surface area contributed by atoms with Crippen LogP contribution in [0.1, 0.15) is 53.1 Å². The molecule has 0 saturated heterocycles. The summed E-state index contributed by atoms with van der Waals surface area (Å²) in [6.45, 7) is 10.2. The van der Waals surface area contributed by atoms with Crippen molar-refractivity contribution in [1.29, 1.82) is 0 Å². The fourth-order valence-electron chi connectivity index (χ4n) is 4.20. The first kappa shape index (κ1) is 36.4. The quantitative estimate of drug-likeness (QED) is 0.263. The van der Waals surface area contributed by atoms with Crippen LogP contribution >= 0.6 is 37.2 Å². The molecule has 1 aromatic heterocycles. The van der Waals surface area contributed by atoms with E-state index in [4.69, 9.17) is 10.5 Å². The molecule has 1 aromatic carbocycles. The SMILES string of the molecule is CCN(CC)CCN(C(=O)OCCCN)C(=O)c1c(C)[nH]c(C=C2C(=O)Nc3ccc(F)cc32)c1C.Cl.Cl.Cl. The molecule has 0 bridgehead atoms. The number of anilines is 1. The van der Waals surface area contributed by atoms with Crippen LogP contribution in [-0.2, 0) is 9.53 Å². The number of rotatable bonds is 10. The predicted molar refractivity (Wildman–Crippen MR) is 159 cm³/mol. The van der Waals surface area contributed by atoms with Gasteiger partial charge in [0.15, 0.2) is 0 Å². The van der Waals surface area contributed by atoms with Crippen molar-refractivity contribution in [2.24, 2.45) is 5.73 Å². The summed E-state index contributed by atoms with van der Waals surface area (Å²) in [5.74, 6) is -1.30. The Hall–Kier alpha value is -2.63. The number of nitrogens with one attached hydrogen (secondary N) is 2. The first-order valence-corrected chi connectivity index (χ1v) is 12.1. The van der Waals surface area contributed by atoms with Gasteiger partial charge in [0.25, 0.3) is 11.8 Å². The number of carbonyl (C=O) groups excluding carboxylic acids is 3. The molecule has 0 unspecified atom stereocenters. The number of imide groups is 1. The fraction of sp³-hybridized carbons (Fsp3) is 0.423. The van der Waals surface area contributed by atoms with Crippen molar-refractivity contribution in [2.45, 2.75) is 34.1 Å². The summed E-state index contributed by atoms with van der Waals surface area (Å²) in [5.41, 5.74) is 8.73. The molecule has 1 aliphatic heterocycles. The molecule has 0 saturated carbocycles. The Bertz CT molecular complexity index is 1180. The van der Waals surface area contributed by atoms with Crippen LogP contribution in [0.25, 0.3) is 11.6 Å². The lowest BCUT2D eigenvalue weighted by atomic mass is 10.0. The molecule has 1 aliphatic rings. The van der Waals surface area contributed by atoms with E-state index >= 15 is 0 Å². The first-order chi connectivity index (χ1) is 17.2. The van der Waals surface area contributed by atoms with E-state index in [1.54, 1.807) is 19.9 Å². The van der Waals surface area contributed by atoms with Crippen molar-refractivity contribution in [3.63, 3.8) is 0 Å². The fourth-order valence-corrected chi connectivity index (χ4v) is 4.20. The summed E-state index contributed by atoms with van der Waals surface area (Å²) in [4.78, 5) is 45.4. The molecular weight excluding hydrogens is 572 g/mol. The normalized spacial score (nSPS) is 12.7. The number of halogens is 4. The third kappa shape index (κ3) is 8.43. The van der Waals surface area contributed by atoms with Gasteiger partial charge >= 0.3 is 6.09 Å². The van der Waals surface area contributed by atoms with Crippen LogP contribution in [0.3, 0.4) is 0 Å². The second-order valence-electron chi connectivity index (χ2n) is 8.61. The molecule has 13 heteroatoms. The van der Waals surface area contributed by atoms with Gasteiger partial charge in [-0.05, 0) is 69.7 Å². The minimum atomic E-state index is -0.722. The lowest BCUT2D eigenvalue weighted by molar-refractivity contribution is -0.110. The summed E-state index contributed by atoms with van der Waals surface area (Å²) in [6.07, 6.45) is 1.37. The smallest absolute Gasteiger partial charge is 0.416 e. The molecular formula is C26H37Cl3FN5O4. The highest BCUT2D eigenvalue weighted by molar-refractivity contribution is 6.35. The number of aromatic nitrogens is 1. The number of benzene rings is 1. The van der Waals surface area contributed by atoms with Gasteiger partial charge in [-0.25, -0.2) is 14.1 Å². The summed E-state index contributed by atoms with van der Waals surface area (Å²) < 4.78 is 19.1. The average molecular weight is 609 g/mol. The Morgan fingerprint density at radius 1 is 1.10 bits per heavy atom. The van der Waals surface area contributed by atoms with Crippen LogP contribution in [0, 0.1) is 19.7 Å². The van der Waals surface area contributed by atoms with Crippen LogP contribution in [0.5, 0.6) is 0 Å². The van der Waals surface area contributed by atoms with Crippen LogP contribution in [0.2, 0.25) is 0 Å². The van der Waals surface area contributed by atoms with E-state index in [-0.39, 0.29) is 61.9 Å². The van der Waals surface area contributed by atoms with Gasteiger partial charge in [0.1, 0.15) is 5.82 Å². The first-order valence-electron chi connectivity index (χ1n) is 12.1. The highest BCUT2D eigenvalue weighted by atomic mass is 35.5. The van der Waals surface area contributed by atoms with E-state index in [9.17, 15) is 18.8 Å². The molecule has 0 radical (unpaired) electrons. The number of amides is 3. The van der Waals surface area contributed by atoms with Crippen molar-refractivity contribution in [1.82, 2.24) is 14.8 Å². The Morgan fingerprint density at radius 2 is 1.77 bits per heavy atom. The topological polar surface area (TPSA) is 121 Å².